The van der Waals surface area contributed by atoms with E-state index in [2.05, 4.69) is 0 Å². The van der Waals surface area contributed by atoms with Crippen LogP contribution in [-0.4, -0.2) is 12.0 Å². The van der Waals surface area contributed by atoms with Gasteiger partial charge in [0.25, 0.3) is 0 Å². The fourth-order valence-electron chi connectivity index (χ4n) is 1.03. The molecule has 0 aliphatic carbocycles. The molecule has 0 radical (unpaired) electrons. The molecule has 1 nitrogen and oxygen atoms in total. The number of halogens is 1. The third-order valence-electron chi connectivity index (χ3n) is 1.74. The van der Waals surface area contributed by atoms with E-state index < -0.39 is 5.38 Å². The maximum Gasteiger partial charge on any atom is 0.152 e. The lowest BCUT2D eigenvalue weighted by molar-refractivity contribution is -0.116. The maximum atomic E-state index is 11.0. The molecule has 13 heavy (non-hydrogen) atoms. The lowest BCUT2D eigenvalue weighted by atomic mass is 10.1. The third kappa shape index (κ3) is 2.75. The Hall–Kier alpha value is -0.470. The van der Waals surface area contributed by atoms with Crippen molar-refractivity contribution in [1.82, 2.24) is 0 Å². The van der Waals surface area contributed by atoms with Crippen LogP contribution < -0.4 is 0 Å². The van der Waals surface area contributed by atoms with E-state index >= 15 is 0 Å². The van der Waals surface area contributed by atoms with Crippen molar-refractivity contribution >= 4 is 29.1 Å². The molecule has 1 atom stereocenters. The van der Waals surface area contributed by atoms with Crippen molar-refractivity contribution in [2.24, 2.45) is 0 Å². The second-order valence-corrected chi connectivity index (χ2v) is 4.07. The van der Waals surface area contributed by atoms with E-state index in [-0.39, 0.29) is 5.78 Å². The average molecular weight is 215 g/mol. The molecular weight excluding hydrogens is 204 g/mol. The number of rotatable bonds is 3. The van der Waals surface area contributed by atoms with Gasteiger partial charge < -0.3 is 0 Å². The van der Waals surface area contributed by atoms with Crippen molar-refractivity contribution in [2.75, 3.05) is 6.26 Å². The summed E-state index contributed by atoms with van der Waals surface area (Å²) >= 11 is 7.55. The highest BCUT2D eigenvalue weighted by Crippen LogP contribution is 2.25. The predicted octanol–water partition coefficient (Wildman–Crippen LogP) is 3.28. The van der Waals surface area contributed by atoms with Gasteiger partial charge in [-0.25, -0.2) is 0 Å². The van der Waals surface area contributed by atoms with E-state index in [1.54, 1.807) is 11.8 Å². The molecule has 70 valence electrons. The zero-order valence-corrected chi connectivity index (χ0v) is 9.15. The van der Waals surface area contributed by atoms with Gasteiger partial charge in [0.1, 0.15) is 5.38 Å². The molecule has 0 saturated carbocycles. The molecule has 0 aliphatic rings. The van der Waals surface area contributed by atoms with Crippen LogP contribution in [-0.2, 0) is 4.79 Å². The highest BCUT2D eigenvalue weighted by molar-refractivity contribution is 7.98. The minimum atomic E-state index is -0.507. The molecule has 3 heteroatoms. The van der Waals surface area contributed by atoms with Gasteiger partial charge in [-0.2, -0.15) is 0 Å². The van der Waals surface area contributed by atoms with Crippen LogP contribution in [0.2, 0.25) is 0 Å². The van der Waals surface area contributed by atoms with Crippen LogP contribution in [0.3, 0.4) is 0 Å². The zero-order chi connectivity index (χ0) is 9.84. The smallest absolute Gasteiger partial charge is 0.152 e. The Morgan fingerprint density at radius 2 is 2.23 bits per heavy atom. The van der Waals surface area contributed by atoms with Gasteiger partial charge in [-0.1, -0.05) is 12.1 Å². The molecule has 0 heterocycles. The first-order valence-corrected chi connectivity index (χ1v) is 5.59. The van der Waals surface area contributed by atoms with Crippen LogP contribution in [0.1, 0.15) is 17.9 Å². The fourth-order valence-corrected chi connectivity index (χ4v) is 1.64. The van der Waals surface area contributed by atoms with Crippen LogP contribution in [0.25, 0.3) is 0 Å². The quantitative estimate of drug-likeness (QED) is 0.568. The molecule has 1 unspecified atom stereocenters. The Labute approximate surface area is 87.5 Å². The number of thioether (sulfide) groups is 1. The number of hydrogen-bond acceptors (Lipinski definition) is 2. The predicted molar refractivity (Wildman–Crippen MR) is 57.5 cm³/mol. The summed E-state index contributed by atoms with van der Waals surface area (Å²) < 4.78 is 0. The number of ketones is 1. The second-order valence-electron chi connectivity index (χ2n) is 2.75. The summed E-state index contributed by atoms with van der Waals surface area (Å²) in [6.45, 7) is 1.50. The molecule has 0 aromatic heterocycles. The van der Waals surface area contributed by atoms with Crippen molar-refractivity contribution in [1.29, 1.82) is 0 Å². The van der Waals surface area contributed by atoms with E-state index in [4.69, 9.17) is 11.6 Å². The first-order chi connectivity index (χ1) is 6.15. The first kappa shape index (κ1) is 10.6. The first-order valence-electron chi connectivity index (χ1n) is 3.93. The van der Waals surface area contributed by atoms with Gasteiger partial charge >= 0.3 is 0 Å². The monoisotopic (exact) mass is 214 g/mol. The van der Waals surface area contributed by atoms with E-state index in [9.17, 15) is 4.79 Å². The van der Waals surface area contributed by atoms with E-state index in [1.807, 2.05) is 30.5 Å². The average Bonchev–Trinajstić information content (AvgIpc) is 2.16. The lowest BCUT2D eigenvalue weighted by Gasteiger charge is -2.06. The fraction of sp³-hybridized carbons (Fsp3) is 0.300. The third-order valence-corrected chi connectivity index (χ3v) is 3.03. The number of alkyl halides is 1. The van der Waals surface area contributed by atoms with Crippen molar-refractivity contribution in [3.63, 3.8) is 0 Å². The van der Waals surface area contributed by atoms with Crippen molar-refractivity contribution in [2.45, 2.75) is 17.2 Å². The minimum Gasteiger partial charge on any atom is -0.298 e. The molecule has 0 saturated heterocycles. The number of hydrogen-bond donors (Lipinski definition) is 0. The Morgan fingerprint density at radius 3 is 2.77 bits per heavy atom. The van der Waals surface area contributed by atoms with Crippen LogP contribution >= 0.6 is 23.4 Å². The zero-order valence-electron chi connectivity index (χ0n) is 7.58. The summed E-state index contributed by atoms with van der Waals surface area (Å²) in [4.78, 5) is 12.1. The highest BCUT2D eigenvalue weighted by Gasteiger charge is 2.12. The van der Waals surface area contributed by atoms with Gasteiger partial charge in [-0.05, 0) is 30.9 Å². The van der Waals surface area contributed by atoms with Gasteiger partial charge in [-0.15, -0.1) is 23.4 Å². The molecule has 0 N–H and O–H groups in total. The second kappa shape index (κ2) is 4.68. The Morgan fingerprint density at radius 1 is 1.54 bits per heavy atom. The van der Waals surface area contributed by atoms with Crippen molar-refractivity contribution in [3.8, 4) is 0 Å². The number of carbonyl (C=O) groups is 1. The summed E-state index contributed by atoms with van der Waals surface area (Å²) in [5, 5.41) is -0.507. The number of Topliss-reactive ketones (excluding diaryl/α,β-unsaturated/α-hetero) is 1. The van der Waals surface area contributed by atoms with Crippen LogP contribution in [0.5, 0.6) is 0 Å². The van der Waals surface area contributed by atoms with E-state index in [0.29, 0.717) is 0 Å². The highest BCUT2D eigenvalue weighted by atomic mass is 35.5. The van der Waals surface area contributed by atoms with Gasteiger partial charge in [0.15, 0.2) is 5.78 Å². The Kier molecular flexibility index (Phi) is 3.82. The summed E-state index contributed by atoms with van der Waals surface area (Å²) in [6, 6.07) is 7.74. The largest absolute Gasteiger partial charge is 0.298 e. The number of benzene rings is 1. The molecule has 1 aromatic rings. The summed E-state index contributed by atoms with van der Waals surface area (Å²) in [5.41, 5.74) is 0.876. The number of carbonyl (C=O) groups excluding carboxylic acids is 1. The Bertz CT molecular complexity index is 312. The SMILES string of the molecule is CSc1cccc(C(Cl)C(C)=O)c1. The maximum absolute atomic E-state index is 11.0. The van der Waals surface area contributed by atoms with Crippen molar-refractivity contribution in [3.05, 3.63) is 29.8 Å². The van der Waals surface area contributed by atoms with E-state index in [0.717, 1.165) is 10.5 Å². The summed E-state index contributed by atoms with van der Waals surface area (Å²) in [6.07, 6.45) is 2.00. The molecular formula is C10H11ClOS. The molecule has 0 bridgehead atoms. The van der Waals surface area contributed by atoms with Gasteiger partial charge in [0.05, 0.1) is 0 Å². The minimum absolute atomic E-state index is 0.0140. The normalized spacial score (nSPS) is 12.5. The van der Waals surface area contributed by atoms with Crippen LogP contribution in [0.4, 0.5) is 0 Å². The van der Waals surface area contributed by atoms with Gasteiger partial charge in [0.2, 0.25) is 0 Å². The molecule has 0 fully saturated rings. The van der Waals surface area contributed by atoms with Crippen LogP contribution in [0.15, 0.2) is 29.2 Å². The topological polar surface area (TPSA) is 17.1 Å². The molecule has 1 aromatic carbocycles. The van der Waals surface area contributed by atoms with Gasteiger partial charge in [-0.3, -0.25) is 4.79 Å². The van der Waals surface area contributed by atoms with E-state index in [1.165, 1.54) is 6.92 Å². The van der Waals surface area contributed by atoms with Gasteiger partial charge in [0, 0.05) is 4.90 Å². The molecule has 0 amide bonds. The lowest BCUT2D eigenvalue weighted by Crippen LogP contribution is -2.01. The molecule has 0 spiro atoms. The van der Waals surface area contributed by atoms with Crippen molar-refractivity contribution < 1.29 is 4.79 Å². The summed E-state index contributed by atoms with van der Waals surface area (Å²) in [5.74, 6) is -0.0140. The van der Waals surface area contributed by atoms with Crippen LogP contribution in [0, 0.1) is 0 Å². The molecule has 0 aliphatic heterocycles. The molecule has 1 rings (SSSR count). The standard InChI is InChI=1S/C10H11ClOS/c1-7(12)10(11)8-4-3-5-9(6-8)13-2/h3-6,10H,1-2H3. The Balaban J connectivity index is 2.94. The summed E-state index contributed by atoms with van der Waals surface area (Å²) in [7, 11) is 0.